The molecule has 1 N–H and O–H groups in total. The van der Waals surface area contributed by atoms with E-state index in [-0.39, 0.29) is 11.8 Å². The first-order valence-corrected chi connectivity index (χ1v) is 8.70. The number of rotatable bonds is 6. The molecule has 0 fully saturated rings. The van der Waals surface area contributed by atoms with Gasteiger partial charge in [-0.1, -0.05) is 24.3 Å². The van der Waals surface area contributed by atoms with Gasteiger partial charge in [-0.15, -0.1) is 0 Å². The zero-order chi connectivity index (χ0) is 18.5. The van der Waals surface area contributed by atoms with Gasteiger partial charge in [0.2, 0.25) is 11.8 Å². The second-order valence-electron chi connectivity index (χ2n) is 6.63. The van der Waals surface area contributed by atoms with Crippen LogP contribution in [-0.4, -0.2) is 23.8 Å². The summed E-state index contributed by atoms with van der Waals surface area (Å²) < 4.78 is 0. The lowest BCUT2D eigenvalue weighted by atomic mass is 10.0. The Morgan fingerprint density at radius 1 is 1.23 bits per heavy atom. The van der Waals surface area contributed by atoms with Crippen LogP contribution in [0.2, 0.25) is 0 Å². The summed E-state index contributed by atoms with van der Waals surface area (Å²) in [6, 6.07) is 15.4. The van der Waals surface area contributed by atoms with Crippen LogP contribution >= 0.6 is 0 Å². The average Bonchev–Trinajstić information content (AvgIpc) is 3.01. The molecule has 0 bridgehead atoms. The molecule has 0 aliphatic carbocycles. The lowest BCUT2D eigenvalue weighted by Crippen LogP contribution is -2.26. The molecule has 3 rings (SSSR count). The van der Waals surface area contributed by atoms with Gasteiger partial charge in [0.1, 0.15) is 0 Å². The Labute approximate surface area is 153 Å². The topological polar surface area (TPSA) is 73.2 Å². The second-order valence-corrected chi connectivity index (χ2v) is 6.63. The Balaban J connectivity index is 1.48. The Kier molecular flexibility index (Phi) is 5.33. The smallest absolute Gasteiger partial charge is 0.228 e. The Hall–Kier alpha value is -3.13. The van der Waals surface area contributed by atoms with Crippen molar-refractivity contribution in [3.8, 4) is 6.07 Å². The van der Waals surface area contributed by atoms with E-state index < -0.39 is 0 Å². The van der Waals surface area contributed by atoms with Crippen molar-refractivity contribution < 1.29 is 9.59 Å². The van der Waals surface area contributed by atoms with E-state index in [4.69, 9.17) is 5.26 Å². The predicted octanol–water partition coefficient (Wildman–Crippen LogP) is 3.03. The minimum absolute atomic E-state index is 0.0365. The molecule has 5 heteroatoms. The summed E-state index contributed by atoms with van der Waals surface area (Å²) in [7, 11) is 1.79. The number of nitrogens with one attached hydrogen (secondary N) is 1. The quantitative estimate of drug-likeness (QED) is 0.873. The average molecular weight is 347 g/mol. The first kappa shape index (κ1) is 17.7. The molecule has 2 aromatic carbocycles. The van der Waals surface area contributed by atoms with Crippen LogP contribution in [0.1, 0.15) is 35.1 Å². The lowest BCUT2D eigenvalue weighted by Gasteiger charge is -2.17. The summed E-state index contributed by atoms with van der Waals surface area (Å²) in [5.74, 6) is 0.125. The molecule has 132 valence electrons. The maximum Gasteiger partial charge on any atom is 0.228 e. The summed E-state index contributed by atoms with van der Waals surface area (Å²) in [4.78, 5) is 25.4. The monoisotopic (exact) mass is 347 g/mol. The first-order valence-electron chi connectivity index (χ1n) is 8.70. The molecule has 2 aromatic rings. The number of fused-ring (bicyclic) bond motifs is 1. The molecule has 26 heavy (non-hydrogen) atoms. The molecule has 5 nitrogen and oxygen atoms in total. The van der Waals surface area contributed by atoms with Gasteiger partial charge in [0.25, 0.3) is 0 Å². The molecule has 1 aliphatic rings. The molecule has 0 saturated heterocycles. The molecule has 0 saturated carbocycles. The van der Waals surface area contributed by atoms with Gasteiger partial charge in [-0.05, 0) is 47.7 Å². The van der Waals surface area contributed by atoms with Crippen molar-refractivity contribution >= 4 is 17.5 Å². The van der Waals surface area contributed by atoms with Crippen LogP contribution in [0, 0.1) is 11.3 Å². The fourth-order valence-electron chi connectivity index (χ4n) is 3.17. The maximum absolute atomic E-state index is 12.3. The third-order valence-corrected chi connectivity index (χ3v) is 4.55. The number of aryl methyl sites for hydroxylation is 1. The highest BCUT2D eigenvalue weighted by atomic mass is 16.2. The molecular formula is C21H21N3O2. The molecule has 0 aromatic heterocycles. The predicted molar refractivity (Wildman–Crippen MR) is 99.3 cm³/mol. The van der Waals surface area contributed by atoms with Crippen LogP contribution in [-0.2, 0) is 29.0 Å². The second kappa shape index (κ2) is 7.83. The van der Waals surface area contributed by atoms with Gasteiger partial charge in [0.15, 0.2) is 0 Å². The highest BCUT2D eigenvalue weighted by molar-refractivity contribution is 5.99. The van der Waals surface area contributed by atoms with Gasteiger partial charge in [0.05, 0.1) is 18.1 Å². The van der Waals surface area contributed by atoms with Crippen molar-refractivity contribution in [3.05, 3.63) is 64.7 Å². The Morgan fingerprint density at radius 2 is 2.08 bits per heavy atom. The number of nitrogens with zero attached hydrogens (tertiary/aromatic N) is 2. The Morgan fingerprint density at radius 3 is 2.88 bits per heavy atom. The van der Waals surface area contributed by atoms with E-state index in [1.807, 2.05) is 30.3 Å². The number of amides is 2. The standard InChI is InChI=1S/C21H21N3O2/c1-24(14-17-6-2-5-16(10-17)13-22)21(26)7-3-4-15-8-9-19-18(11-15)12-20(25)23-19/h2,5-6,8-11H,3-4,7,12,14H2,1H3,(H,23,25). The van der Waals surface area contributed by atoms with E-state index in [0.717, 1.165) is 35.2 Å². The summed E-state index contributed by atoms with van der Waals surface area (Å²) in [5.41, 5.74) is 4.64. The molecule has 1 aliphatic heterocycles. The van der Waals surface area contributed by atoms with Crippen molar-refractivity contribution in [2.24, 2.45) is 0 Å². The van der Waals surface area contributed by atoms with Gasteiger partial charge in [0, 0.05) is 25.7 Å². The minimum Gasteiger partial charge on any atom is -0.341 e. The molecular weight excluding hydrogens is 326 g/mol. The first-order chi connectivity index (χ1) is 12.5. The molecule has 0 unspecified atom stereocenters. The van der Waals surface area contributed by atoms with Crippen LogP contribution in [0.15, 0.2) is 42.5 Å². The van der Waals surface area contributed by atoms with Crippen LogP contribution in [0.3, 0.4) is 0 Å². The zero-order valence-corrected chi connectivity index (χ0v) is 14.8. The molecule has 0 atom stereocenters. The summed E-state index contributed by atoms with van der Waals surface area (Å²) >= 11 is 0. The molecule has 1 heterocycles. The number of nitriles is 1. The summed E-state index contributed by atoms with van der Waals surface area (Å²) in [6.45, 7) is 0.501. The SMILES string of the molecule is CN(Cc1cccc(C#N)c1)C(=O)CCCc1ccc2c(c1)CC(=O)N2. The number of hydrogen-bond donors (Lipinski definition) is 1. The number of hydrogen-bond acceptors (Lipinski definition) is 3. The van der Waals surface area contributed by atoms with Gasteiger partial charge in [-0.3, -0.25) is 9.59 Å². The molecule has 0 spiro atoms. The van der Waals surface area contributed by atoms with E-state index in [9.17, 15) is 9.59 Å². The Bertz CT molecular complexity index is 883. The van der Waals surface area contributed by atoms with Crippen molar-refractivity contribution in [2.75, 3.05) is 12.4 Å². The van der Waals surface area contributed by atoms with E-state index >= 15 is 0 Å². The van der Waals surface area contributed by atoms with Gasteiger partial charge in [-0.2, -0.15) is 5.26 Å². The zero-order valence-electron chi connectivity index (χ0n) is 14.8. The largest absolute Gasteiger partial charge is 0.341 e. The van der Waals surface area contributed by atoms with Crippen molar-refractivity contribution in [1.29, 1.82) is 5.26 Å². The number of benzene rings is 2. The van der Waals surface area contributed by atoms with Crippen molar-refractivity contribution in [2.45, 2.75) is 32.2 Å². The van der Waals surface area contributed by atoms with E-state index in [2.05, 4.69) is 17.5 Å². The lowest BCUT2D eigenvalue weighted by molar-refractivity contribution is -0.130. The van der Waals surface area contributed by atoms with Crippen molar-refractivity contribution in [3.63, 3.8) is 0 Å². The number of anilines is 1. The maximum atomic E-state index is 12.3. The molecule has 0 radical (unpaired) electrons. The van der Waals surface area contributed by atoms with Crippen LogP contribution in [0.4, 0.5) is 5.69 Å². The molecule has 2 amide bonds. The van der Waals surface area contributed by atoms with Crippen LogP contribution in [0.25, 0.3) is 0 Å². The third kappa shape index (κ3) is 4.28. The van der Waals surface area contributed by atoms with E-state index in [1.165, 1.54) is 0 Å². The highest BCUT2D eigenvalue weighted by Crippen LogP contribution is 2.24. The number of carbonyl (C=O) groups is 2. The normalized spacial score (nSPS) is 12.2. The van der Waals surface area contributed by atoms with E-state index in [1.54, 1.807) is 18.0 Å². The van der Waals surface area contributed by atoms with Gasteiger partial charge in [-0.25, -0.2) is 0 Å². The van der Waals surface area contributed by atoms with E-state index in [0.29, 0.717) is 24.9 Å². The minimum atomic E-state index is 0.0365. The van der Waals surface area contributed by atoms with Gasteiger partial charge >= 0.3 is 0 Å². The van der Waals surface area contributed by atoms with Gasteiger partial charge < -0.3 is 10.2 Å². The van der Waals surface area contributed by atoms with Crippen LogP contribution < -0.4 is 5.32 Å². The summed E-state index contributed by atoms with van der Waals surface area (Å²) in [6.07, 6.45) is 2.49. The number of carbonyl (C=O) groups excluding carboxylic acids is 2. The third-order valence-electron chi connectivity index (χ3n) is 4.55. The highest BCUT2D eigenvalue weighted by Gasteiger charge is 2.17. The fourth-order valence-corrected chi connectivity index (χ4v) is 3.17. The van der Waals surface area contributed by atoms with Crippen molar-refractivity contribution in [1.82, 2.24) is 4.90 Å². The summed E-state index contributed by atoms with van der Waals surface area (Å²) in [5, 5.41) is 11.8. The fraction of sp³-hybridized carbons (Fsp3) is 0.286. The van der Waals surface area contributed by atoms with Crippen LogP contribution in [0.5, 0.6) is 0 Å².